The summed E-state index contributed by atoms with van der Waals surface area (Å²) < 4.78 is 5.14. The van der Waals surface area contributed by atoms with Crippen molar-refractivity contribution in [1.29, 1.82) is 0 Å². The van der Waals surface area contributed by atoms with Gasteiger partial charge in [-0.2, -0.15) is 0 Å². The Labute approximate surface area is 95.0 Å². The molecule has 0 fully saturated rings. The summed E-state index contributed by atoms with van der Waals surface area (Å²) in [5, 5.41) is 2.90. The lowest BCUT2D eigenvalue weighted by molar-refractivity contribution is -0.152. The Kier molecular flexibility index (Phi) is 3.71. The molecule has 0 radical (unpaired) electrons. The molecule has 1 rings (SSSR count). The topological polar surface area (TPSA) is 77.2 Å². The Balaban J connectivity index is 2.40. The Bertz CT molecular complexity index is 354. The second-order valence-electron chi connectivity index (χ2n) is 4.41. The van der Waals surface area contributed by atoms with Gasteiger partial charge in [0.15, 0.2) is 0 Å². The summed E-state index contributed by atoms with van der Waals surface area (Å²) in [7, 11) is 0. The van der Waals surface area contributed by atoms with Crippen LogP contribution < -0.4 is 11.1 Å². The van der Waals surface area contributed by atoms with E-state index < -0.39 is 5.60 Å². The number of esters is 1. The summed E-state index contributed by atoms with van der Waals surface area (Å²) in [6, 6.07) is 3.42. The van der Waals surface area contributed by atoms with Gasteiger partial charge in [0.2, 0.25) is 0 Å². The molecule has 3 N–H and O–H groups in total. The zero-order valence-electron chi connectivity index (χ0n) is 9.78. The van der Waals surface area contributed by atoms with E-state index in [2.05, 4.69) is 10.3 Å². The fourth-order valence-electron chi connectivity index (χ4n) is 1.06. The fourth-order valence-corrected chi connectivity index (χ4v) is 1.06. The second-order valence-corrected chi connectivity index (χ2v) is 4.41. The van der Waals surface area contributed by atoms with Crippen LogP contribution in [0, 0.1) is 0 Å². The average molecular weight is 223 g/mol. The monoisotopic (exact) mass is 223 g/mol. The maximum Gasteiger partial charge on any atom is 0.325 e. The first kappa shape index (κ1) is 12.3. The normalized spacial score (nSPS) is 10.9. The molecule has 0 atom stereocenters. The number of hydrogen-bond acceptors (Lipinski definition) is 5. The van der Waals surface area contributed by atoms with Crippen LogP contribution in [-0.2, 0) is 9.53 Å². The molecule has 5 heteroatoms. The SMILES string of the molecule is CC(C)(C)OC(=O)CNc1ccc(N)nc1. The van der Waals surface area contributed by atoms with Crippen molar-refractivity contribution in [3.63, 3.8) is 0 Å². The van der Waals surface area contributed by atoms with Gasteiger partial charge in [0.1, 0.15) is 18.0 Å². The van der Waals surface area contributed by atoms with Gasteiger partial charge in [-0.3, -0.25) is 4.79 Å². The van der Waals surface area contributed by atoms with Crippen LogP contribution in [0.3, 0.4) is 0 Å². The van der Waals surface area contributed by atoms with Crippen molar-refractivity contribution < 1.29 is 9.53 Å². The summed E-state index contributed by atoms with van der Waals surface area (Å²) in [6.07, 6.45) is 1.57. The Hall–Kier alpha value is -1.78. The van der Waals surface area contributed by atoms with E-state index in [1.165, 1.54) is 0 Å². The number of ether oxygens (including phenoxy) is 1. The molecule has 0 spiro atoms. The van der Waals surface area contributed by atoms with Crippen LogP contribution in [0.1, 0.15) is 20.8 Å². The highest BCUT2D eigenvalue weighted by Gasteiger charge is 2.15. The lowest BCUT2D eigenvalue weighted by Crippen LogP contribution is -2.28. The van der Waals surface area contributed by atoms with Gasteiger partial charge in [-0.1, -0.05) is 0 Å². The number of hydrogen-bond donors (Lipinski definition) is 2. The third-order valence-electron chi connectivity index (χ3n) is 1.64. The molecule has 0 aliphatic carbocycles. The quantitative estimate of drug-likeness (QED) is 0.758. The van der Waals surface area contributed by atoms with Gasteiger partial charge in [-0.05, 0) is 32.9 Å². The van der Waals surface area contributed by atoms with E-state index in [1.54, 1.807) is 18.3 Å². The van der Waals surface area contributed by atoms with Crippen molar-refractivity contribution in [3.8, 4) is 0 Å². The number of carbonyl (C=O) groups is 1. The smallest absolute Gasteiger partial charge is 0.325 e. The number of nitrogens with zero attached hydrogens (tertiary/aromatic N) is 1. The minimum absolute atomic E-state index is 0.114. The molecule has 88 valence electrons. The third kappa shape index (κ3) is 4.63. The summed E-state index contributed by atoms with van der Waals surface area (Å²) >= 11 is 0. The maximum atomic E-state index is 11.4. The van der Waals surface area contributed by atoms with E-state index in [-0.39, 0.29) is 12.5 Å². The van der Waals surface area contributed by atoms with Crippen LogP contribution in [0.25, 0.3) is 0 Å². The van der Waals surface area contributed by atoms with Crippen molar-refractivity contribution in [3.05, 3.63) is 18.3 Å². The van der Waals surface area contributed by atoms with Crippen molar-refractivity contribution in [2.24, 2.45) is 0 Å². The van der Waals surface area contributed by atoms with Crippen LogP contribution in [0.5, 0.6) is 0 Å². The second kappa shape index (κ2) is 4.83. The van der Waals surface area contributed by atoms with E-state index in [4.69, 9.17) is 10.5 Å². The van der Waals surface area contributed by atoms with E-state index in [1.807, 2.05) is 20.8 Å². The predicted molar refractivity (Wildman–Crippen MR) is 63.0 cm³/mol. The molecule has 0 aliphatic rings. The molecule has 0 aliphatic heterocycles. The van der Waals surface area contributed by atoms with Crippen molar-refractivity contribution >= 4 is 17.5 Å². The molecule has 5 nitrogen and oxygen atoms in total. The van der Waals surface area contributed by atoms with Gasteiger partial charge in [0.25, 0.3) is 0 Å². The average Bonchev–Trinajstić information content (AvgIpc) is 2.14. The van der Waals surface area contributed by atoms with Gasteiger partial charge >= 0.3 is 5.97 Å². The zero-order valence-corrected chi connectivity index (χ0v) is 9.78. The van der Waals surface area contributed by atoms with Gasteiger partial charge in [-0.15, -0.1) is 0 Å². The lowest BCUT2D eigenvalue weighted by atomic mass is 10.2. The Morgan fingerprint density at radius 3 is 2.69 bits per heavy atom. The molecule has 1 aromatic heterocycles. The number of anilines is 2. The first-order chi connectivity index (χ1) is 7.37. The summed E-state index contributed by atoms with van der Waals surface area (Å²) in [5.74, 6) is 0.146. The number of nitrogen functional groups attached to an aromatic ring is 1. The molecule has 1 heterocycles. The molecule has 0 aromatic carbocycles. The molecular weight excluding hydrogens is 206 g/mol. The summed E-state index contributed by atoms with van der Waals surface area (Å²) in [5.41, 5.74) is 5.71. The van der Waals surface area contributed by atoms with Crippen molar-refractivity contribution in [2.75, 3.05) is 17.6 Å². The predicted octanol–water partition coefficient (Wildman–Crippen LogP) is 1.42. The van der Waals surface area contributed by atoms with Crippen LogP contribution >= 0.6 is 0 Å². The number of nitrogens with one attached hydrogen (secondary N) is 1. The molecule has 16 heavy (non-hydrogen) atoms. The number of rotatable bonds is 3. The van der Waals surface area contributed by atoms with Gasteiger partial charge < -0.3 is 15.8 Å². The van der Waals surface area contributed by atoms with E-state index in [9.17, 15) is 4.79 Å². The van der Waals surface area contributed by atoms with Crippen LogP contribution in [0.15, 0.2) is 18.3 Å². The van der Waals surface area contributed by atoms with Gasteiger partial charge in [0.05, 0.1) is 11.9 Å². The highest BCUT2D eigenvalue weighted by Crippen LogP contribution is 2.09. The van der Waals surface area contributed by atoms with Crippen LogP contribution in [0.2, 0.25) is 0 Å². The van der Waals surface area contributed by atoms with Gasteiger partial charge in [-0.25, -0.2) is 4.98 Å². The Morgan fingerprint density at radius 2 is 2.19 bits per heavy atom. The standard InChI is InChI=1S/C11H17N3O2/c1-11(2,3)16-10(15)7-13-8-4-5-9(12)14-6-8/h4-6,13H,7H2,1-3H3,(H2,12,14). The van der Waals surface area contributed by atoms with E-state index in [0.717, 1.165) is 5.69 Å². The minimum Gasteiger partial charge on any atom is -0.459 e. The minimum atomic E-state index is -0.460. The maximum absolute atomic E-state index is 11.4. The number of nitrogens with two attached hydrogens (primary N) is 1. The van der Waals surface area contributed by atoms with E-state index >= 15 is 0 Å². The molecular formula is C11H17N3O2. The molecule has 0 amide bonds. The molecule has 0 bridgehead atoms. The van der Waals surface area contributed by atoms with Gasteiger partial charge in [0, 0.05) is 0 Å². The largest absolute Gasteiger partial charge is 0.459 e. The number of pyridine rings is 1. The highest BCUT2D eigenvalue weighted by atomic mass is 16.6. The Morgan fingerprint density at radius 1 is 1.50 bits per heavy atom. The molecule has 0 unspecified atom stereocenters. The van der Waals surface area contributed by atoms with Crippen molar-refractivity contribution in [1.82, 2.24) is 4.98 Å². The lowest BCUT2D eigenvalue weighted by Gasteiger charge is -2.19. The number of carbonyl (C=O) groups excluding carboxylic acids is 1. The summed E-state index contributed by atoms with van der Waals surface area (Å²) in [6.45, 7) is 5.60. The highest BCUT2D eigenvalue weighted by molar-refractivity contribution is 5.75. The number of aromatic nitrogens is 1. The molecule has 0 saturated carbocycles. The van der Waals surface area contributed by atoms with Crippen LogP contribution in [-0.4, -0.2) is 23.1 Å². The third-order valence-corrected chi connectivity index (χ3v) is 1.64. The zero-order chi connectivity index (χ0) is 12.2. The van der Waals surface area contributed by atoms with E-state index in [0.29, 0.717) is 5.82 Å². The molecule has 1 aromatic rings. The van der Waals surface area contributed by atoms with Crippen LogP contribution in [0.4, 0.5) is 11.5 Å². The fraction of sp³-hybridized carbons (Fsp3) is 0.455. The van der Waals surface area contributed by atoms with Crippen molar-refractivity contribution in [2.45, 2.75) is 26.4 Å². The first-order valence-corrected chi connectivity index (χ1v) is 5.04. The first-order valence-electron chi connectivity index (χ1n) is 5.04. The molecule has 0 saturated heterocycles. The summed E-state index contributed by atoms with van der Waals surface area (Å²) in [4.78, 5) is 15.3.